The van der Waals surface area contributed by atoms with Gasteiger partial charge in [-0.2, -0.15) is 0 Å². The van der Waals surface area contributed by atoms with E-state index in [0.717, 1.165) is 22.1 Å². The maximum atomic E-state index is 4.50. The van der Waals surface area contributed by atoms with Crippen LogP contribution in [0.2, 0.25) is 0 Å². The Morgan fingerprint density at radius 3 is 2.40 bits per heavy atom. The number of aromatic nitrogens is 3. The number of thiazole rings is 1. The Hall–Kier alpha value is -1.29. The van der Waals surface area contributed by atoms with Crippen LogP contribution in [-0.4, -0.2) is 15.0 Å². The lowest BCUT2D eigenvalue weighted by atomic mass is 10.2. The molecule has 0 N–H and O–H groups in total. The third-order valence-electron chi connectivity index (χ3n) is 2.09. The second-order valence-corrected chi connectivity index (χ2v) is 4.67. The van der Waals surface area contributed by atoms with Gasteiger partial charge in [-0.1, -0.05) is 13.8 Å². The van der Waals surface area contributed by atoms with Crippen molar-refractivity contribution in [1.82, 2.24) is 15.0 Å². The van der Waals surface area contributed by atoms with E-state index < -0.39 is 0 Å². The van der Waals surface area contributed by atoms with Gasteiger partial charge in [-0.15, -0.1) is 11.3 Å². The molecule has 0 aliphatic rings. The van der Waals surface area contributed by atoms with E-state index in [1.54, 1.807) is 11.3 Å². The van der Waals surface area contributed by atoms with E-state index in [4.69, 9.17) is 0 Å². The summed E-state index contributed by atoms with van der Waals surface area (Å²) in [6, 6.07) is 0. The Balaban J connectivity index is 2.33. The molecule has 0 aliphatic carbocycles. The van der Waals surface area contributed by atoms with E-state index in [2.05, 4.69) is 34.2 Å². The normalized spacial score (nSPS) is 10.9. The average molecular weight is 219 g/mol. The van der Waals surface area contributed by atoms with Crippen LogP contribution >= 0.6 is 11.3 Å². The number of hydrogen-bond acceptors (Lipinski definition) is 4. The Morgan fingerprint density at radius 1 is 1.20 bits per heavy atom. The van der Waals surface area contributed by atoms with Gasteiger partial charge >= 0.3 is 0 Å². The van der Waals surface area contributed by atoms with Crippen LogP contribution in [0.3, 0.4) is 0 Å². The minimum atomic E-state index is 0.459. The molecule has 0 saturated carbocycles. The largest absolute Gasteiger partial charge is 0.237 e. The van der Waals surface area contributed by atoms with Gasteiger partial charge in [0.05, 0.1) is 5.69 Å². The van der Waals surface area contributed by atoms with Gasteiger partial charge in [0.25, 0.3) is 0 Å². The average Bonchev–Trinajstić information content (AvgIpc) is 2.68. The van der Waals surface area contributed by atoms with Crippen LogP contribution in [0.5, 0.6) is 0 Å². The molecule has 4 heteroatoms. The van der Waals surface area contributed by atoms with Crippen molar-refractivity contribution in [2.45, 2.75) is 26.7 Å². The number of aryl methyl sites for hydroxylation is 1. The molecule has 2 heterocycles. The van der Waals surface area contributed by atoms with E-state index >= 15 is 0 Å². The lowest BCUT2D eigenvalue weighted by Crippen LogP contribution is -1.90. The van der Waals surface area contributed by atoms with Gasteiger partial charge in [0.15, 0.2) is 10.8 Å². The summed E-state index contributed by atoms with van der Waals surface area (Å²) >= 11 is 1.60. The molecule has 2 aromatic heterocycles. The maximum Gasteiger partial charge on any atom is 0.188 e. The first kappa shape index (κ1) is 10.2. The lowest BCUT2D eigenvalue weighted by molar-refractivity contribution is 0.833. The van der Waals surface area contributed by atoms with E-state index in [-0.39, 0.29) is 0 Å². The summed E-state index contributed by atoms with van der Waals surface area (Å²) in [6.07, 6.45) is 3.64. The van der Waals surface area contributed by atoms with Crippen LogP contribution in [0.25, 0.3) is 10.8 Å². The van der Waals surface area contributed by atoms with Gasteiger partial charge in [0, 0.05) is 17.8 Å². The van der Waals surface area contributed by atoms with Crippen molar-refractivity contribution in [3.63, 3.8) is 0 Å². The zero-order valence-electron chi connectivity index (χ0n) is 9.06. The molecule has 78 valence electrons. The molecule has 0 fully saturated rings. The molecule has 0 aromatic carbocycles. The topological polar surface area (TPSA) is 38.7 Å². The molecule has 0 bridgehead atoms. The first-order chi connectivity index (χ1) is 7.16. The molecule has 0 saturated heterocycles. The predicted molar refractivity (Wildman–Crippen MR) is 62.0 cm³/mol. The molecule has 0 amide bonds. The molecule has 15 heavy (non-hydrogen) atoms. The van der Waals surface area contributed by atoms with E-state index in [9.17, 15) is 0 Å². The van der Waals surface area contributed by atoms with Crippen LogP contribution in [0.15, 0.2) is 17.8 Å². The highest BCUT2D eigenvalue weighted by Crippen LogP contribution is 2.23. The molecule has 0 radical (unpaired) electrons. The van der Waals surface area contributed by atoms with Crippen LogP contribution in [0.1, 0.15) is 31.0 Å². The van der Waals surface area contributed by atoms with E-state index in [0.29, 0.717) is 5.92 Å². The third-order valence-corrected chi connectivity index (χ3v) is 2.94. The smallest absolute Gasteiger partial charge is 0.188 e. The van der Waals surface area contributed by atoms with Crippen molar-refractivity contribution in [1.29, 1.82) is 0 Å². The van der Waals surface area contributed by atoms with Crippen molar-refractivity contribution < 1.29 is 0 Å². The Bertz CT molecular complexity index is 445. The Kier molecular flexibility index (Phi) is 2.77. The molecule has 2 rings (SSSR count). The minimum Gasteiger partial charge on any atom is -0.237 e. The van der Waals surface area contributed by atoms with Crippen LogP contribution in [0, 0.1) is 6.92 Å². The molecule has 0 unspecified atom stereocenters. The number of hydrogen-bond donors (Lipinski definition) is 0. The number of nitrogens with zero attached hydrogens (tertiary/aromatic N) is 3. The lowest BCUT2D eigenvalue weighted by Gasteiger charge is -1.97. The van der Waals surface area contributed by atoms with Crippen molar-refractivity contribution in [2.24, 2.45) is 0 Å². The summed E-state index contributed by atoms with van der Waals surface area (Å²) in [4.78, 5) is 13.0. The molecular formula is C11H13N3S. The van der Waals surface area contributed by atoms with Crippen molar-refractivity contribution in [3.8, 4) is 10.8 Å². The van der Waals surface area contributed by atoms with Crippen molar-refractivity contribution in [3.05, 3.63) is 29.0 Å². The Morgan fingerprint density at radius 2 is 1.87 bits per heavy atom. The zero-order valence-corrected chi connectivity index (χ0v) is 9.88. The Labute approximate surface area is 93.2 Å². The predicted octanol–water partition coefficient (Wildman–Crippen LogP) is 3.03. The fourth-order valence-corrected chi connectivity index (χ4v) is 2.08. The molecule has 0 aliphatic heterocycles. The first-order valence-electron chi connectivity index (χ1n) is 4.91. The number of rotatable bonds is 2. The standard InChI is InChI=1S/C11H13N3S/c1-7(2)9-6-15-11(14-9)10-12-4-8(3)5-13-10/h4-7H,1-3H3. The van der Waals surface area contributed by atoms with Gasteiger partial charge in [-0.3, -0.25) is 0 Å². The summed E-state index contributed by atoms with van der Waals surface area (Å²) in [5.74, 6) is 1.18. The fraction of sp³-hybridized carbons (Fsp3) is 0.364. The second kappa shape index (κ2) is 4.06. The van der Waals surface area contributed by atoms with Crippen molar-refractivity contribution in [2.75, 3.05) is 0 Å². The second-order valence-electron chi connectivity index (χ2n) is 3.82. The summed E-state index contributed by atoms with van der Waals surface area (Å²) < 4.78 is 0. The van der Waals surface area contributed by atoms with Gasteiger partial charge < -0.3 is 0 Å². The quantitative estimate of drug-likeness (QED) is 0.779. The van der Waals surface area contributed by atoms with Gasteiger partial charge in [0.1, 0.15) is 0 Å². The summed E-state index contributed by atoms with van der Waals surface area (Å²) in [7, 11) is 0. The third kappa shape index (κ3) is 2.21. The molecule has 0 atom stereocenters. The summed E-state index contributed by atoms with van der Waals surface area (Å²) in [5.41, 5.74) is 2.18. The highest BCUT2D eigenvalue weighted by molar-refractivity contribution is 7.13. The minimum absolute atomic E-state index is 0.459. The molecule has 3 nitrogen and oxygen atoms in total. The first-order valence-corrected chi connectivity index (χ1v) is 5.79. The van der Waals surface area contributed by atoms with Gasteiger partial charge in [-0.05, 0) is 18.4 Å². The van der Waals surface area contributed by atoms with E-state index in [1.165, 1.54) is 0 Å². The zero-order chi connectivity index (χ0) is 10.8. The molecular weight excluding hydrogens is 206 g/mol. The van der Waals surface area contributed by atoms with Crippen molar-refractivity contribution >= 4 is 11.3 Å². The monoisotopic (exact) mass is 219 g/mol. The van der Waals surface area contributed by atoms with Gasteiger partial charge in [0.2, 0.25) is 0 Å². The van der Waals surface area contributed by atoms with Crippen LogP contribution in [-0.2, 0) is 0 Å². The highest BCUT2D eigenvalue weighted by atomic mass is 32.1. The van der Waals surface area contributed by atoms with Gasteiger partial charge in [-0.25, -0.2) is 15.0 Å². The van der Waals surface area contributed by atoms with Crippen LogP contribution in [0.4, 0.5) is 0 Å². The fourth-order valence-electron chi connectivity index (χ4n) is 1.16. The van der Waals surface area contributed by atoms with Crippen LogP contribution < -0.4 is 0 Å². The molecule has 2 aromatic rings. The summed E-state index contributed by atoms with van der Waals surface area (Å²) in [5, 5.41) is 2.97. The highest BCUT2D eigenvalue weighted by Gasteiger charge is 2.08. The summed E-state index contributed by atoms with van der Waals surface area (Å²) in [6.45, 7) is 6.24. The maximum absolute atomic E-state index is 4.50. The SMILES string of the molecule is Cc1cnc(-c2nc(C(C)C)cs2)nc1. The van der Waals surface area contributed by atoms with E-state index in [1.807, 2.05) is 19.3 Å². The molecule has 0 spiro atoms.